The molecule has 0 bridgehead atoms. The van der Waals surface area contributed by atoms with Crippen LogP contribution < -0.4 is 11.4 Å². The van der Waals surface area contributed by atoms with Crippen LogP contribution in [-0.4, -0.2) is 15.2 Å². The summed E-state index contributed by atoms with van der Waals surface area (Å²) in [5.41, 5.74) is -0.911. The third-order valence-corrected chi connectivity index (χ3v) is 4.04. The molecule has 0 radical (unpaired) electrons. The van der Waals surface area contributed by atoms with Gasteiger partial charge in [0.25, 0.3) is 5.91 Å². The fraction of sp³-hybridized carbons (Fsp3) is 0. The fourth-order valence-corrected chi connectivity index (χ4v) is 2.74. The Bertz CT molecular complexity index is 1030. The predicted molar refractivity (Wildman–Crippen MR) is 89.8 cm³/mol. The molecule has 122 valence electrons. The van der Waals surface area contributed by atoms with E-state index in [0.717, 1.165) is 0 Å². The second kappa shape index (κ2) is 6.32. The lowest BCUT2D eigenvalue weighted by Crippen LogP contribution is -2.35. The topological polar surface area (TPSA) is 74.2 Å². The fourth-order valence-electron chi connectivity index (χ4n) is 2.05. The number of carbonyl (C=O) groups excluding carboxylic acids is 1. The van der Waals surface area contributed by atoms with E-state index in [9.17, 15) is 14.4 Å². The normalized spacial score (nSPS) is 10.8. The van der Waals surface area contributed by atoms with Crippen LogP contribution in [0.3, 0.4) is 0 Å². The molecule has 1 heterocycles. The molecule has 3 aromatic rings. The number of carbonyl (C=O) groups is 1. The van der Waals surface area contributed by atoms with Crippen LogP contribution in [0.2, 0.25) is 15.1 Å². The van der Waals surface area contributed by atoms with E-state index in [2.05, 4.69) is 0 Å². The lowest BCUT2D eigenvalue weighted by Gasteiger charge is -2.03. The summed E-state index contributed by atoms with van der Waals surface area (Å²) in [4.78, 5) is 36.9. The molecule has 1 aromatic heterocycles. The van der Waals surface area contributed by atoms with Crippen molar-refractivity contribution in [3.05, 3.63) is 84.1 Å². The highest BCUT2D eigenvalue weighted by atomic mass is 35.5. The third kappa shape index (κ3) is 2.80. The minimum absolute atomic E-state index is 0.0121. The first-order chi connectivity index (χ1) is 11.4. The molecule has 0 aliphatic rings. The van der Waals surface area contributed by atoms with Crippen LogP contribution in [0, 0.1) is 0 Å². The highest BCUT2D eigenvalue weighted by Crippen LogP contribution is 2.24. The van der Waals surface area contributed by atoms with Crippen molar-refractivity contribution >= 4 is 40.7 Å². The molecule has 0 spiro atoms. The van der Waals surface area contributed by atoms with Gasteiger partial charge in [-0.2, -0.15) is 4.57 Å². The van der Waals surface area contributed by atoms with Crippen molar-refractivity contribution in [1.82, 2.24) is 9.31 Å². The minimum Gasteiger partial charge on any atom is -0.311 e. The highest BCUT2D eigenvalue weighted by molar-refractivity contribution is 6.39. The SMILES string of the molecule is O=C(c1c(Cl)cccc1Cl)n1c(=O)on(-c2ccc(Cl)cc2)c1=O. The van der Waals surface area contributed by atoms with Gasteiger partial charge in [0.05, 0.1) is 21.3 Å². The minimum atomic E-state index is -1.16. The van der Waals surface area contributed by atoms with Gasteiger partial charge in [0.15, 0.2) is 0 Å². The smallest absolute Gasteiger partial charge is 0.311 e. The van der Waals surface area contributed by atoms with E-state index in [1.807, 2.05) is 0 Å². The first-order valence-corrected chi connectivity index (χ1v) is 7.63. The van der Waals surface area contributed by atoms with E-state index in [0.29, 0.717) is 14.3 Å². The van der Waals surface area contributed by atoms with Crippen molar-refractivity contribution in [2.24, 2.45) is 0 Å². The average molecular weight is 386 g/mol. The molecule has 0 saturated heterocycles. The van der Waals surface area contributed by atoms with Crippen molar-refractivity contribution in [2.45, 2.75) is 0 Å². The Hall–Kier alpha value is -2.28. The largest absolute Gasteiger partial charge is 0.450 e. The molecule has 3 rings (SSSR count). The van der Waals surface area contributed by atoms with Gasteiger partial charge in [0.2, 0.25) is 0 Å². The van der Waals surface area contributed by atoms with Gasteiger partial charge >= 0.3 is 11.4 Å². The van der Waals surface area contributed by atoms with Crippen LogP contribution in [-0.2, 0) is 0 Å². The lowest BCUT2D eigenvalue weighted by atomic mass is 10.2. The molecule has 0 fully saturated rings. The van der Waals surface area contributed by atoms with Crippen molar-refractivity contribution in [2.75, 3.05) is 0 Å². The summed E-state index contributed by atoms with van der Waals surface area (Å²) in [5.74, 6) is -2.13. The molecular weight excluding hydrogens is 379 g/mol. The summed E-state index contributed by atoms with van der Waals surface area (Å²) in [6.45, 7) is 0. The Morgan fingerprint density at radius 1 is 0.917 bits per heavy atom. The van der Waals surface area contributed by atoms with Gasteiger partial charge in [0.1, 0.15) is 0 Å². The highest BCUT2D eigenvalue weighted by Gasteiger charge is 2.24. The summed E-state index contributed by atoms with van der Waals surface area (Å²) in [5, 5.41) is 0.462. The molecule has 0 atom stereocenters. The lowest BCUT2D eigenvalue weighted by molar-refractivity contribution is 0.0949. The zero-order chi connectivity index (χ0) is 17.4. The first kappa shape index (κ1) is 16.6. The summed E-state index contributed by atoms with van der Waals surface area (Å²) in [7, 11) is 0. The van der Waals surface area contributed by atoms with Crippen LogP contribution in [0.5, 0.6) is 0 Å². The van der Waals surface area contributed by atoms with Gasteiger partial charge in [0, 0.05) is 5.02 Å². The third-order valence-electron chi connectivity index (χ3n) is 3.16. The molecule has 0 aliphatic heterocycles. The van der Waals surface area contributed by atoms with Gasteiger partial charge < -0.3 is 4.52 Å². The zero-order valence-corrected chi connectivity index (χ0v) is 14.0. The number of halogens is 3. The molecule has 0 N–H and O–H groups in total. The number of benzene rings is 2. The molecule has 24 heavy (non-hydrogen) atoms. The molecular formula is C15H7Cl3N2O4. The molecule has 0 amide bonds. The number of nitrogens with zero attached hydrogens (tertiary/aromatic N) is 2. The number of rotatable bonds is 2. The second-order valence-electron chi connectivity index (χ2n) is 4.65. The van der Waals surface area contributed by atoms with Crippen LogP contribution >= 0.6 is 34.8 Å². The Labute approximate surface area is 149 Å². The van der Waals surface area contributed by atoms with Crippen LogP contribution in [0.4, 0.5) is 0 Å². The monoisotopic (exact) mass is 384 g/mol. The summed E-state index contributed by atoms with van der Waals surface area (Å²) in [6, 6.07) is 10.3. The number of hydrogen-bond donors (Lipinski definition) is 0. The van der Waals surface area contributed by atoms with E-state index in [1.165, 1.54) is 42.5 Å². The van der Waals surface area contributed by atoms with Gasteiger partial charge in [-0.25, -0.2) is 9.59 Å². The average Bonchev–Trinajstić information content (AvgIpc) is 2.82. The summed E-state index contributed by atoms with van der Waals surface area (Å²) in [6.07, 6.45) is 0. The maximum atomic E-state index is 12.5. The Balaban J connectivity index is 2.17. The molecule has 9 heteroatoms. The van der Waals surface area contributed by atoms with Crippen molar-refractivity contribution in [3.8, 4) is 5.69 Å². The number of aromatic nitrogens is 2. The molecule has 0 saturated carbocycles. The Morgan fingerprint density at radius 2 is 1.50 bits per heavy atom. The quantitative estimate of drug-likeness (QED) is 0.679. The van der Waals surface area contributed by atoms with Crippen molar-refractivity contribution < 1.29 is 9.32 Å². The maximum Gasteiger partial charge on any atom is 0.450 e. The van der Waals surface area contributed by atoms with E-state index < -0.39 is 17.4 Å². The number of hydrogen-bond acceptors (Lipinski definition) is 4. The van der Waals surface area contributed by atoms with Gasteiger partial charge in [-0.05, 0) is 36.4 Å². The standard InChI is InChI=1S/C15H7Cl3N2O4/c16-8-4-6-9(7-5-8)20-14(22)19(15(23)24-20)13(21)12-10(17)2-1-3-11(12)18/h1-7H. The summed E-state index contributed by atoms with van der Waals surface area (Å²) < 4.78 is 5.86. The van der Waals surface area contributed by atoms with Gasteiger partial charge in [-0.15, -0.1) is 4.74 Å². The van der Waals surface area contributed by atoms with E-state index in [-0.39, 0.29) is 21.3 Å². The second-order valence-corrected chi connectivity index (χ2v) is 5.90. The van der Waals surface area contributed by atoms with Gasteiger partial charge in [-0.1, -0.05) is 40.9 Å². The van der Waals surface area contributed by atoms with E-state index in [4.69, 9.17) is 39.3 Å². The van der Waals surface area contributed by atoms with Crippen LogP contribution in [0.1, 0.15) is 10.4 Å². The van der Waals surface area contributed by atoms with Crippen LogP contribution in [0.15, 0.2) is 56.6 Å². The maximum absolute atomic E-state index is 12.5. The Morgan fingerprint density at radius 3 is 2.08 bits per heavy atom. The van der Waals surface area contributed by atoms with Crippen molar-refractivity contribution in [1.29, 1.82) is 0 Å². The van der Waals surface area contributed by atoms with Crippen LogP contribution in [0.25, 0.3) is 5.69 Å². The summed E-state index contributed by atoms with van der Waals surface area (Å²) >= 11 is 17.7. The predicted octanol–water partition coefficient (Wildman–Crippen LogP) is 3.24. The molecule has 6 nitrogen and oxygen atoms in total. The molecule has 0 unspecified atom stereocenters. The van der Waals surface area contributed by atoms with E-state index >= 15 is 0 Å². The first-order valence-electron chi connectivity index (χ1n) is 6.50. The molecule has 0 aliphatic carbocycles. The van der Waals surface area contributed by atoms with Crippen molar-refractivity contribution in [3.63, 3.8) is 0 Å². The molecule has 2 aromatic carbocycles. The zero-order valence-electron chi connectivity index (χ0n) is 11.7. The Kier molecular flexibility index (Phi) is 4.36. The van der Waals surface area contributed by atoms with Gasteiger partial charge in [-0.3, -0.25) is 4.79 Å². The van der Waals surface area contributed by atoms with E-state index in [1.54, 1.807) is 0 Å².